The maximum Gasteiger partial charge on any atom is 0.222 e. The first kappa shape index (κ1) is 22.3. The molecule has 0 N–H and O–H groups in total. The van der Waals surface area contributed by atoms with Gasteiger partial charge in [0.2, 0.25) is 5.91 Å². The number of methoxy groups -OCH3 is 1. The summed E-state index contributed by atoms with van der Waals surface area (Å²) in [5.41, 5.74) is 1.12. The summed E-state index contributed by atoms with van der Waals surface area (Å²) in [7, 11) is -1.64. The van der Waals surface area contributed by atoms with Crippen molar-refractivity contribution in [3.63, 3.8) is 0 Å². The Morgan fingerprint density at radius 1 is 0.967 bits per heavy atom. The molecule has 2 aromatic carbocycles. The van der Waals surface area contributed by atoms with Crippen LogP contribution in [-0.2, 0) is 21.1 Å². The highest BCUT2D eigenvalue weighted by Crippen LogP contribution is 2.14. The van der Waals surface area contributed by atoms with Crippen molar-refractivity contribution in [2.75, 3.05) is 45.6 Å². The second kappa shape index (κ2) is 10.6. The monoisotopic (exact) mass is 430 g/mol. The molecule has 7 heteroatoms. The van der Waals surface area contributed by atoms with Crippen molar-refractivity contribution in [1.82, 2.24) is 9.80 Å². The Bertz CT molecular complexity index is 914. The first-order valence-corrected chi connectivity index (χ1v) is 12.0. The topological polar surface area (TPSA) is 66.9 Å². The fraction of sp³-hybridized carbons (Fsp3) is 0.435. The summed E-state index contributed by atoms with van der Waals surface area (Å²) in [4.78, 5) is 17.1. The van der Waals surface area contributed by atoms with E-state index < -0.39 is 9.84 Å². The second-order valence-corrected chi connectivity index (χ2v) is 9.67. The van der Waals surface area contributed by atoms with E-state index in [2.05, 4.69) is 4.90 Å². The Balaban J connectivity index is 1.45. The Hall–Kier alpha value is -2.38. The van der Waals surface area contributed by atoms with E-state index in [0.29, 0.717) is 37.4 Å². The average molecular weight is 431 g/mol. The molecule has 1 aliphatic heterocycles. The van der Waals surface area contributed by atoms with Crippen LogP contribution in [0.15, 0.2) is 59.5 Å². The SMILES string of the molecule is COc1ccc(CCC(=O)N2CCCN(CCS(=O)(=O)c3ccccc3)CC2)cc1. The lowest BCUT2D eigenvalue weighted by molar-refractivity contribution is -0.131. The highest BCUT2D eigenvalue weighted by atomic mass is 32.2. The van der Waals surface area contributed by atoms with Crippen LogP contribution in [0, 0.1) is 0 Å². The summed E-state index contributed by atoms with van der Waals surface area (Å²) in [5.74, 6) is 1.07. The number of ether oxygens (including phenoxy) is 1. The second-order valence-electron chi connectivity index (χ2n) is 7.56. The molecule has 0 radical (unpaired) electrons. The maximum absolute atomic E-state index is 12.6. The van der Waals surface area contributed by atoms with Gasteiger partial charge < -0.3 is 14.5 Å². The van der Waals surface area contributed by atoms with Gasteiger partial charge in [-0.2, -0.15) is 0 Å². The molecule has 0 aromatic heterocycles. The molecule has 6 nitrogen and oxygen atoms in total. The number of nitrogens with zero attached hydrogens (tertiary/aromatic N) is 2. The number of aryl methyl sites for hydroxylation is 1. The van der Waals surface area contributed by atoms with Crippen molar-refractivity contribution < 1.29 is 17.9 Å². The van der Waals surface area contributed by atoms with E-state index in [9.17, 15) is 13.2 Å². The zero-order chi connectivity index (χ0) is 21.4. The minimum Gasteiger partial charge on any atom is -0.497 e. The summed E-state index contributed by atoms with van der Waals surface area (Å²) in [6.07, 6.45) is 2.05. The molecule has 1 saturated heterocycles. The molecular formula is C23H30N2O4S. The van der Waals surface area contributed by atoms with E-state index >= 15 is 0 Å². The van der Waals surface area contributed by atoms with Gasteiger partial charge in [-0.05, 0) is 49.2 Å². The summed E-state index contributed by atoms with van der Waals surface area (Å²) >= 11 is 0. The standard InChI is InChI=1S/C23H30N2O4S/c1-29-21-11-8-20(9-12-21)10-13-23(26)25-15-5-14-24(16-17-25)18-19-30(27,28)22-6-3-2-4-7-22/h2-4,6-9,11-12H,5,10,13-19H2,1H3. The minimum atomic E-state index is -3.28. The number of carbonyl (C=O) groups is 1. The van der Waals surface area contributed by atoms with Gasteiger partial charge in [0, 0.05) is 32.6 Å². The van der Waals surface area contributed by atoms with E-state index in [1.165, 1.54) is 0 Å². The van der Waals surface area contributed by atoms with Crippen LogP contribution in [0.5, 0.6) is 5.75 Å². The number of sulfone groups is 1. The third kappa shape index (κ3) is 6.31. The molecule has 2 aromatic rings. The average Bonchev–Trinajstić information content (AvgIpc) is 3.03. The minimum absolute atomic E-state index is 0.0996. The lowest BCUT2D eigenvalue weighted by Crippen LogP contribution is -2.36. The van der Waals surface area contributed by atoms with Gasteiger partial charge in [-0.3, -0.25) is 4.79 Å². The van der Waals surface area contributed by atoms with E-state index in [4.69, 9.17) is 4.74 Å². The Morgan fingerprint density at radius 2 is 1.70 bits per heavy atom. The van der Waals surface area contributed by atoms with Gasteiger partial charge in [-0.15, -0.1) is 0 Å². The maximum atomic E-state index is 12.6. The molecule has 3 rings (SSSR count). The van der Waals surface area contributed by atoms with Crippen LogP contribution in [0.25, 0.3) is 0 Å². The van der Waals surface area contributed by atoms with Gasteiger partial charge in [0.25, 0.3) is 0 Å². The van der Waals surface area contributed by atoms with Gasteiger partial charge in [0.15, 0.2) is 9.84 Å². The fourth-order valence-electron chi connectivity index (χ4n) is 3.64. The van der Waals surface area contributed by atoms with Crippen LogP contribution < -0.4 is 4.74 Å². The molecule has 1 amide bonds. The van der Waals surface area contributed by atoms with Gasteiger partial charge in [0.05, 0.1) is 17.8 Å². The summed E-state index contributed by atoms with van der Waals surface area (Å²) in [5, 5.41) is 0. The number of benzene rings is 2. The van der Waals surface area contributed by atoms with Gasteiger partial charge in [-0.1, -0.05) is 30.3 Å². The van der Waals surface area contributed by atoms with Crippen molar-refractivity contribution in [3.05, 3.63) is 60.2 Å². The summed E-state index contributed by atoms with van der Waals surface area (Å²) in [6.45, 7) is 3.38. The van der Waals surface area contributed by atoms with E-state index in [0.717, 1.165) is 30.8 Å². The molecule has 0 aliphatic carbocycles. The molecule has 1 aliphatic rings. The van der Waals surface area contributed by atoms with Crippen LogP contribution >= 0.6 is 0 Å². The zero-order valence-electron chi connectivity index (χ0n) is 17.5. The molecule has 0 bridgehead atoms. The number of hydrogen-bond donors (Lipinski definition) is 0. The summed E-state index contributed by atoms with van der Waals surface area (Å²) in [6, 6.07) is 16.4. The van der Waals surface area contributed by atoms with Gasteiger partial charge >= 0.3 is 0 Å². The van der Waals surface area contributed by atoms with Crippen molar-refractivity contribution in [2.24, 2.45) is 0 Å². The molecular weight excluding hydrogens is 400 g/mol. The Labute approximate surface area is 179 Å². The van der Waals surface area contributed by atoms with Crippen LogP contribution in [0.3, 0.4) is 0 Å². The largest absolute Gasteiger partial charge is 0.497 e. The molecule has 1 heterocycles. The van der Waals surface area contributed by atoms with Crippen LogP contribution in [0.4, 0.5) is 0 Å². The fourth-order valence-corrected chi connectivity index (χ4v) is 4.95. The van der Waals surface area contributed by atoms with Crippen molar-refractivity contribution >= 4 is 15.7 Å². The normalized spacial score (nSPS) is 15.6. The molecule has 0 atom stereocenters. The number of rotatable bonds is 8. The van der Waals surface area contributed by atoms with E-state index in [1.54, 1.807) is 31.4 Å². The van der Waals surface area contributed by atoms with Gasteiger partial charge in [-0.25, -0.2) is 8.42 Å². The van der Waals surface area contributed by atoms with Crippen LogP contribution in [-0.4, -0.2) is 69.7 Å². The molecule has 0 saturated carbocycles. The predicted molar refractivity (Wildman–Crippen MR) is 117 cm³/mol. The predicted octanol–water partition coefficient (Wildman–Crippen LogP) is 2.64. The first-order chi connectivity index (χ1) is 14.5. The third-order valence-corrected chi connectivity index (χ3v) is 7.22. The van der Waals surface area contributed by atoms with Gasteiger partial charge in [0.1, 0.15) is 5.75 Å². The molecule has 0 spiro atoms. The zero-order valence-corrected chi connectivity index (χ0v) is 18.3. The lowest BCUT2D eigenvalue weighted by Gasteiger charge is -2.22. The first-order valence-electron chi connectivity index (χ1n) is 10.4. The molecule has 0 unspecified atom stereocenters. The highest BCUT2D eigenvalue weighted by Gasteiger charge is 2.21. The van der Waals surface area contributed by atoms with Crippen molar-refractivity contribution in [2.45, 2.75) is 24.2 Å². The van der Waals surface area contributed by atoms with Crippen molar-refractivity contribution in [1.29, 1.82) is 0 Å². The number of hydrogen-bond acceptors (Lipinski definition) is 5. The summed E-state index contributed by atoms with van der Waals surface area (Å²) < 4.78 is 30.2. The Kier molecular flexibility index (Phi) is 7.87. The lowest BCUT2D eigenvalue weighted by atomic mass is 10.1. The van der Waals surface area contributed by atoms with Crippen molar-refractivity contribution in [3.8, 4) is 5.75 Å². The number of carbonyl (C=O) groups excluding carboxylic acids is 1. The molecule has 30 heavy (non-hydrogen) atoms. The third-order valence-electron chi connectivity index (χ3n) is 5.51. The van der Waals surface area contributed by atoms with Crippen LogP contribution in [0.1, 0.15) is 18.4 Å². The molecule has 162 valence electrons. The Morgan fingerprint density at radius 3 is 2.40 bits per heavy atom. The van der Waals surface area contributed by atoms with E-state index in [-0.39, 0.29) is 11.7 Å². The number of amides is 1. The van der Waals surface area contributed by atoms with Crippen LogP contribution in [0.2, 0.25) is 0 Å². The molecule has 1 fully saturated rings. The smallest absolute Gasteiger partial charge is 0.222 e. The van der Waals surface area contributed by atoms with E-state index in [1.807, 2.05) is 35.2 Å². The highest BCUT2D eigenvalue weighted by molar-refractivity contribution is 7.91. The quantitative estimate of drug-likeness (QED) is 0.644.